The number of nitrogens with zero attached hydrogens (tertiary/aromatic N) is 1. The summed E-state index contributed by atoms with van der Waals surface area (Å²) in [7, 11) is 1.95. The molecule has 8 rings (SSSR count). The normalized spacial score (nSPS) is 23.9. The SMILES string of the molecule is Cc1ccc(C2(c3ccc(C)cc3)CC34CC(c5ccc(C)cc5)(c5ccc(C)cc5)OC3(OO2)N(C)c2ccccc2C4=O)cc1. The molecule has 0 saturated carbocycles. The lowest BCUT2D eigenvalue weighted by atomic mass is 9.60. The highest BCUT2D eigenvalue weighted by Crippen LogP contribution is 2.69. The number of rotatable bonds is 4. The van der Waals surface area contributed by atoms with Gasteiger partial charge < -0.3 is 9.64 Å². The minimum absolute atomic E-state index is 0.000744. The number of Topliss-reactive ketones (excluding diaryl/α,β-unsaturated/α-hetero) is 1. The van der Waals surface area contributed by atoms with E-state index in [2.05, 4.69) is 125 Å². The highest BCUT2D eigenvalue weighted by Gasteiger charge is 2.79. The summed E-state index contributed by atoms with van der Waals surface area (Å²) < 4.78 is 7.49. The molecule has 0 amide bonds. The number of fused-ring (bicyclic) bond motifs is 1. The molecule has 2 saturated heterocycles. The Balaban J connectivity index is 1.43. The summed E-state index contributed by atoms with van der Waals surface area (Å²) in [4.78, 5) is 31.1. The van der Waals surface area contributed by atoms with Crippen LogP contribution in [0.3, 0.4) is 0 Å². The summed E-state index contributed by atoms with van der Waals surface area (Å²) in [5, 5.41) is 0. The van der Waals surface area contributed by atoms with Gasteiger partial charge in [0, 0.05) is 25.5 Å². The molecule has 0 radical (unpaired) electrons. The Morgan fingerprint density at radius 1 is 0.532 bits per heavy atom. The molecule has 5 nitrogen and oxygen atoms in total. The maximum atomic E-state index is 15.5. The molecule has 5 heteroatoms. The molecule has 3 aliphatic heterocycles. The number of benzene rings is 5. The Morgan fingerprint density at radius 3 is 1.40 bits per heavy atom. The van der Waals surface area contributed by atoms with Crippen molar-refractivity contribution in [2.75, 3.05) is 11.9 Å². The number of hydrogen-bond acceptors (Lipinski definition) is 5. The number of carbonyl (C=O) groups is 1. The molecular weight excluding hydrogens is 582 g/mol. The van der Waals surface area contributed by atoms with E-state index in [1.54, 1.807) is 0 Å². The molecule has 5 aromatic carbocycles. The van der Waals surface area contributed by atoms with E-state index < -0.39 is 22.5 Å². The molecule has 3 heterocycles. The van der Waals surface area contributed by atoms with Gasteiger partial charge in [-0.3, -0.25) is 4.79 Å². The van der Waals surface area contributed by atoms with Crippen molar-refractivity contribution in [2.45, 2.75) is 57.6 Å². The van der Waals surface area contributed by atoms with Crippen LogP contribution in [-0.4, -0.2) is 18.7 Å². The fourth-order valence-corrected chi connectivity index (χ4v) is 8.13. The topological polar surface area (TPSA) is 48.0 Å². The standard InChI is InChI=1S/C42H39NO4/c1-28-10-18-32(19-11-28)40(33-20-12-29(2)13-21-33)26-39-27-41(34-22-14-30(3)15-23-34,35-24-16-31(4)17-25-35)46-47-42(39,45-40)43(5)37-9-7-6-8-36(37)38(39)44/h6-25H,26-27H2,1-5H3. The second-order valence-corrected chi connectivity index (χ2v) is 13.8. The van der Waals surface area contributed by atoms with Gasteiger partial charge in [-0.05, 0) is 62.1 Å². The van der Waals surface area contributed by atoms with Gasteiger partial charge in [0.05, 0.1) is 5.69 Å². The summed E-state index contributed by atoms with van der Waals surface area (Å²) >= 11 is 0. The van der Waals surface area contributed by atoms with Crippen molar-refractivity contribution in [3.8, 4) is 0 Å². The summed E-state index contributed by atoms with van der Waals surface area (Å²) in [6.07, 6.45) is 0.662. The quantitative estimate of drug-likeness (QED) is 0.188. The van der Waals surface area contributed by atoms with Gasteiger partial charge in [-0.15, -0.1) is 0 Å². The third kappa shape index (κ3) is 4.17. The second-order valence-electron chi connectivity index (χ2n) is 13.8. The van der Waals surface area contributed by atoms with Crippen LogP contribution in [0.15, 0.2) is 121 Å². The molecule has 0 aliphatic carbocycles. The molecule has 5 aromatic rings. The number of carbonyl (C=O) groups excluding carboxylic acids is 1. The molecule has 2 atom stereocenters. The lowest BCUT2D eigenvalue weighted by Crippen LogP contribution is -2.69. The summed E-state index contributed by atoms with van der Waals surface area (Å²) in [6.45, 7) is 8.31. The van der Waals surface area contributed by atoms with E-state index in [1.807, 2.05) is 36.2 Å². The zero-order valence-electron chi connectivity index (χ0n) is 27.5. The maximum absolute atomic E-state index is 15.5. The third-order valence-corrected chi connectivity index (χ3v) is 10.8. The molecular formula is C42H39NO4. The minimum Gasteiger partial charge on any atom is -0.320 e. The number of ketones is 1. The fraction of sp³-hybridized carbons (Fsp3) is 0.262. The highest BCUT2D eigenvalue weighted by atomic mass is 17.2. The van der Waals surface area contributed by atoms with E-state index in [1.165, 1.54) is 0 Å². The molecule has 0 bridgehead atoms. The minimum atomic E-state index is -1.56. The van der Waals surface area contributed by atoms with Crippen molar-refractivity contribution < 1.29 is 19.3 Å². The molecule has 47 heavy (non-hydrogen) atoms. The second kappa shape index (κ2) is 10.5. The summed E-state index contributed by atoms with van der Waals surface area (Å²) in [6, 6.07) is 41.4. The van der Waals surface area contributed by atoms with Crippen LogP contribution in [0, 0.1) is 33.1 Å². The Kier molecular flexibility index (Phi) is 6.65. The first kappa shape index (κ1) is 29.8. The number of aryl methyl sites for hydroxylation is 4. The van der Waals surface area contributed by atoms with Crippen molar-refractivity contribution in [3.63, 3.8) is 0 Å². The van der Waals surface area contributed by atoms with Crippen LogP contribution in [0.2, 0.25) is 0 Å². The van der Waals surface area contributed by atoms with Crippen LogP contribution in [-0.2, 0) is 25.7 Å². The van der Waals surface area contributed by atoms with Gasteiger partial charge in [0.15, 0.2) is 11.4 Å². The van der Waals surface area contributed by atoms with Crippen molar-refractivity contribution in [2.24, 2.45) is 5.41 Å². The Labute approximate surface area is 276 Å². The van der Waals surface area contributed by atoms with E-state index in [4.69, 9.17) is 14.5 Å². The van der Waals surface area contributed by atoms with Crippen molar-refractivity contribution in [1.29, 1.82) is 0 Å². The number of anilines is 1. The molecule has 0 spiro atoms. The fourth-order valence-electron chi connectivity index (χ4n) is 8.13. The highest BCUT2D eigenvalue weighted by molar-refractivity contribution is 6.08. The predicted molar refractivity (Wildman–Crippen MR) is 183 cm³/mol. The first-order chi connectivity index (χ1) is 22.6. The summed E-state index contributed by atoms with van der Waals surface area (Å²) in [5.74, 6) is -1.56. The average molecular weight is 622 g/mol. The molecule has 2 fully saturated rings. The maximum Gasteiger partial charge on any atom is 0.296 e. The zero-order valence-corrected chi connectivity index (χ0v) is 27.5. The molecule has 236 valence electrons. The smallest absolute Gasteiger partial charge is 0.296 e. The average Bonchev–Trinajstić information content (AvgIpc) is 3.42. The van der Waals surface area contributed by atoms with Gasteiger partial charge in [0.25, 0.3) is 5.91 Å². The number of para-hydroxylation sites is 1. The van der Waals surface area contributed by atoms with E-state index in [0.717, 1.165) is 50.2 Å². The van der Waals surface area contributed by atoms with E-state index in [0.29, 0.717) is 18.4 Å². The first-order valence-electron chi connectivity index (χ1n) is 16.4. The van der Waals surface area contributed by atoms with E-state index in [-0.39, 0.29) is 5.78 Å². The lowest BCUT2D eigenvalue weighted by molar-refractivity contribution is -0.505. The summed E-state index contributed by atoms with van der Waals surface area (Å²) in [5.41, 5.74) is 6.47. The van der Waals surface area contributed by atoms with Crippen LogP contribution < -0.4 is 4.90 Å². The predicted octanol–water partition coefficient (Wildman–Crippen LogP) is 8.85. The van der Waals surface area contributed by atoms with Crippen molar-refractivity contribution in [3.05, 3.63) is 171 Å². The Morgan fingerprint density at radius 2 is 0.936 bits per heavy atom. The largest absolute Gasteiger partial charge is 0.320 e. The molecule has 0 N–H and O–H groups in total. The molecule has 2 unspecified atom stereocenters. The van der Waals surface area contributed by atoms with Gasteiger partial charge in [-0.25, -0.2) is 4.89 Å². The Hall–Kier alpha value is -4.55. The molecule has 3 aliphatic rings. The van der Waals surface area contributed by atoms with E-state index in [9.17, 15) is 0 Å². The monoisotopic (exact) mass is 621 g/mol. The van der Waals surface area contributed by atoms with Crippen LogP contribution in [0.25, 0.3) is 0 Å². The van der Waals surface area contributed by atoms with Gasteiger partial charge >= 0.3 is 0 Å². The van der Waals surface area contributed by atoms with Gasteiger partial charge in [-0.2, -0.15) is 4.89 Å². The number of hydrogen-bond donors (Lipinski definition) is 0. The lowest BCUT2D eigenvalue weighted by Gasteiger charge is -2.57. The van der Waals surface area contributed by atoms with Crippen LogP contribution in [0.4, 0.5) is 5.69 Å². The zero-order chi connectivity index (χ0) is 32.6. The van der Waals surface area contributed by atoms with Gasteiger partial charge in [-0.1, -0.05) is 131 Å². The van der Waals surface area contributed by atoms with Crippen LogP contribution in [0.5, 0.6) is 0 Å². The first-order valence-corrected chi connectivity index (χ1v) is 16.4. The van der Waals surface area contributed by atoms with E-state index >= 15 is 4.79 Å². The molecule has 0 aromatic heterocycles. The van der Waals surface area contributed by atoms with Crippen molar-refractivity contribution >= 4 is 11.5 Å². The van der Waals surface area contributed by atoms with Gasteiger partial charge in [0.2, 0.25) is 0 Å². The van der Waals surface area contributed by atoms with Gasteiger partial charge in [0.1, 0.15) is 11.0 Å². The third-order valence-electron chi connectivity index (χ3n) is 10.8. The van der Waals surface area contributed by atoms with Crippen molar-refractivity contribution in [1.82, 2.24) is 0 Å². The van der Waals surface area contributed by atoms with Crippen LogP contribution >= 0.6 is 0 Å². The number of ether oxygens (including phenoxy) is 1. The van der Waals surface area contributed by atoms with Crippen LogP contribution in [0.1, 0.15) is 67.7 Å². The Bertz CT molecular complexity index is 1890.